The zero-order chi connectivity index (χ0) is 37.4. The summed E-state index contributed by atoms with van der Waals surface area (Å²) in [5.74, 6) is 1.43. The lowest BCUT2D eigenvalue weighted by atomic mass is 9.86. The van der Waals surface area contributed by atoms with Crippen LogP contribution in [0.25, 0.3) is 83.7 Å². The monoisotopic (exact) mass is 720 g/mol. The van der Waals surface area contributed by atoms with Crippen LogP contribution >= 0.6 is 0 Å². The van der Waals surface area contributed by atoms with E-state index in [2.05, 4.69) is 133 Å². The third-order valence-electron chi connectivity index (χ3n) is 10.7. The number of fused-ring (bicyclic) bond motifs is 4. The van der Waals surface area contributed by atoms with E-state index in [9.17, 15) is 0 Å². The zero-order valence-electron chi connectivity index (χ0n) is 30.6. The van der Waals surface area contributed by atoms with Gasteiger partial charge in [-0.2, -0.15) is 0 Å². The summed E-state index contributed by atoms with van der Waals surface area (Å²) in [6, 6.07) is 60.6. The summed E-state index contributed by atoms with van der Waals surface area (Å²) < 4.78 is 13.3. The Balaban J connectivity index is 1.06. The maximum atomic E-state index is 6.68. The van der Waals surface area contributed by atoms with Gasteiger partial charge in [0, 0.05) is 38.9 Å². The maximum absolute atomic E-state index is 6.68. The number of benzene rings is 7. The normalized spacial score (nSPS) is 13.9. The SMILES string of the molecule is C=C1CC(c2cccc(-c3nc(-c4ccccc4)cc(-c4ccccc4)n3)c2)C=COc2c1cc1c(oc3ccc(-c4ccccc4)cc31)c2-c1ccccc1. The molecule has 1 unspecified atom stereocenters. The molecular formula is C52H36N2O2. The Bertz CT molecular complexity index is 2860. The van der Waals surface area contributed by atoms with Crippen LogP contribution in [-0.4, -0.2) is 9.97 Å². The molecule has 1 aliphatic heterocycles. The molecule has 7 aromatic carbocycles. The molecule has 10 rings (SSSR count). The number of allylic oxidation sites excluding steroid dienone is 2. The molecule has 4 nitrogen and oxygen atoms in total. The van der Waals surface area contributed by atoms with Gasteiger partial charge in [-0.05, 0) is 70.7 Å². The second-order valence-corrected chi connectivity index (χ2v) is 14.2. The minimum absolute atomic E-state index is 0.00292. The Morgan fingerprint density at radius 3 is 1.79 bits per heavy atom. The van der Waals surface area contributed by atoms with Crippen molar-refractivity contribution in [3.63, 3.8) is 0 Å². The molecule has 0 bridgehead atoms. The van der Waals surface area contributed by atoms with E-state index >= 15 is 0 Å². The van der Waals surface area contributed by atoms with E-state index in [-0.39, 0.29) is 5.92 Å². The summed E-state index contributed by atoms with van der Waals surface area (Å²) in [5.41, 5.74) is 13.8. The van der Waals surface area contributed by atoms with Gasteiger partial charge >= 0.3 is 0 Å². The summed E-state index contributed by atoms with van der Waals surface area (Å²) in [6.45, 7) is 4.71. The molecule has 0 aliphatic carbocycles. The number of rotatable bonds is 6. The molecular weight excluding hydrogens is 685 g/mol. The van der Waals surface area contributed by atoms with Crippen LogP contribution in [0.15, 0.2) is 199 Å². The predicted molar refractivity (Wildman–Crippen MR) is 229 cm³/mol. The molecule has 9 aromatic rings. The van der Waals surface area contributed by atoms with Crippen molar-refractivity contribution in [1.29, 1.82) is 0 Å². The highest BCUT2D eigenvalue weighted by atomic mass is 16.5. The van der Waals surface area contributed by atoms with Crippen LogP contribution in [0.4, 0.5) is 0 Å². The third-order valence-corrected chi connectivity index (χ3v) is 10.7. The van der Waals surface area contributed by atoms with E-state index < -0.39 is 0 Å². The van der Waals surface area contributed by atoms with E-state index in [4.69, 9.17) is 25.7 Å². The van der Waals surface area contributed by atoms with Gasteiger partial charge in [-0.1, -0.05) is 152 Å². The molecule has 0 N–H and O–H groups in total. The van der Waals surface area contributed by atoms with Crippen molar-refractivity contribution >= 4 is 27.5 Å². The number of furan rings is 1. The fourth-order valence-electron chi connectivity index (χ4n) is 7.83. The molecule has 56 heavy (non-hydrogen) atoms. The van der Waals surface area contributed by atoms with Gasteiger partial charge < -0.3 is 9.15 Å². The van der Waals surface area contributed by atoms with Crippen molar-refractivity contribution < 1.29 is 9.15 Å². The van der Waals surface area contributed by atoms with Crippen molar-refractivity contribution in [2.45, 2.75) is 12.3 Å². The van der Waals surface area contributed by atoms with Gasteiger partial charge in [-0.3, -0.25) is 0 Å². The van der Waals surface area contributed by atoms with E-state index in [0.717, 1.165) is 94.7 Å². The molecule has 0 saturated carbocycles. The average Bonchev–Trinajstić information content (AvgIpc) is 3.63. The molecule has 4 heteroatoms. The van der Waals surface area contributed by atoms with Crippen molar-refractivity contribution in [3.05, 3.63) is 206 Å². The van der Waals surface area contributed by atoms with Gasteiger partial charge in [0.15, 0.2) is 5.82 Å². The zero-order valence-corrected chi connectivity index (χ0v) is 30.6. The number of hydrogen-bond donors (Lipinski definition) is 0. The lowest BCUT2D eigenvalue weighted by Gasteiger charge is -2.22. The standard InChI is InChI=1S/C52H36N2O2/c1-34-29-41(39-23-14-24-42(30-39)52-53-46(36-17-8-3-9-18-36)33-47(54-52)37-19-10-4-11-20-37)27-28-55-50-43(34)32-45-44-31-40(35-15-6-2-7-16-35)25-26-48(44)56-51(45)49(50)38-21-12-5-13-22-38/h2-28,30-33,41H,1,29H2. The van der Waals surface area contributed by atoms with Gasteiger partial charge in [0.05, 0.1) is 23.2 Å². The molecule has 0 saturated heterocycles. The minimum Gasteiger partial charge on any atom is -0.464 e. The summed E-state index contributed by atoms with van der Waals surface area (Å²) in [7, 11) is 0. The van der Waals surface area contributed by atoms with Gasteiger partial charge in [0.1, 0.15) is 16.9 Å². The predicted octanol–water partition coefficient (Wildman–Crippen LogP) is 13.8. The first-order valence-corrected chi connectivity index (χ1v) is 18.9. The third kappa shape index (κ3) is 6.17. The molecule has 2 aromatic heterocycles. The maximum Gasteiger partial charge on any atom is 0.160 e. The van der Waals surface area contributed by atoms with Crippen LogP contribution in [0, 0.1) is 0 Å². The molecule has 0 amide bonds. The molecule has 0 fully saturated rings. The molecule has 0 radical (unpaired) electrons. The Labute approximate surface area is 325 Å². The van der Waals surface area contributed by atoms with Crippen LogP contribution in [0.3, 0.4) is 0 Å². The Morgan fingerprint density at radius 1 is 0.518 bits per heavy atom. The van der Waals surface area contributed by atoms with Crippen molar-refractivity contribution in [2.24, 2.45) is 0 Å². The van der Waals surface area contributed by atoms with Crippen LogP contribution in [-0.2, 0) is 0 Å². The lowest BCUT2D eigenvalue weighted by molar-refractivity contribution is 0.474. The molecule has 3 heterocycles. The van der Waals surface area contributed by atoms with Crippen LogP contribution in [0.2, 0.25) is 0 Å². The number of aromatic nitrogens is 2. The Morgan fingerprint density at radius 2 is 1.12 bits per heavy atom. The van der Waals surface area contributed by atoms with Gasteiger partial charge in [0.2, 0.25) is 0 Å². The van der Waals surface area contributed by atoms with E-state index in [0.29, 0.717) is 12.2 Å². The summed E-state index contributed by atoms with van der Waals surface area (Å²) in [6.07, 6.45) is 4.66. The largest absolute Gasteiger partial charge is 0.464 e. The lowest BCUT2D eigenvalue weighted by Crippen LogP contribution is -2.04. The van der Waals surface area contributed by atoms with Crippen molar-refractivity contribution in [2.75, 3.05) is 0 Å². The first kappa shape index (κ1) is 33.3. The minimum atomic E-state index is 0.00292. The second kappa shape index (κ2) is 14.2. The van der Waals surface area contributed by atoms with E-state index in [1.54, 1.807) is 0 Å². The number of ether oxygens (including phenoxy) is 1. The first-order chi connectivity index (χ1) is 27.7. The van der Waals surface area contributed by atoms with Gasteiger partial charge in [0.25, 0.3) is 0 Å². The molecule has 266 valence electrons. The number of hydrogen-bond acceptors (Lipinski definition) is 4. The molecule has 1 atom stereocenters. The van der Waals surface area contributed by atoms with Gasteiger partial charge in [-0.25, -0.2) is 9.97 Å². The fraction of sp³-hybridized carbons (Fsp3) is 0.0385. The molecule has 1 aliphatic rings. The Hall–Kier alpha value is -7.30. The van der Waals surface area contributed by atoms with Crippen molar-refractivity contribution in [1.82, 2.24) is 9.97 Å². The van der Waals surface area contributed by atoms with Crippen molar-refractivity contribution in [3.8, 4) is 61.9 Å². The van der Waals surface area contributed by atoms with E-state index in [1.807, 2.05) is 54.8 Å². The number of nitrogens with zero attached hydrogens (tertiary/aromatic N) is 2. The highest BCUT2D eigenvalue weighted by Gasteiger charge is 2.26. The fourth-order valence-corrected chi connectivity index (χ4v) is 7.83. The first-order valence-electron chi connectivity index (χ1n) is 18.9. The summed E-state index contributed by atoms with van der Waals surface area (Å²) in [4.78, 5) is 10.2. The highest BCUT2D eigenvalue weighted by molar-refractivity contribution is 6.13. The summed E-state index contributed by atoms with van der Waals surface area (Å²) >= 11 is 0. The van der Waals surface area contributed by atoms with Crippen LogP contribution in [0.1, 0.15) is 23.5 Å². The van der Waals surface area contributed by atoms with Crippen LogP contribution in [0.5, 0.6) is 5.75 Å². The second-order valence-electron chi connectivity index (χ2n) is 14.2. The van der Waals surface area contributed by atoms with Gasteiger partial charge in [-0.15, -0.1) is 0 Å². The van der Waals surface area contributed by atoms with E-state index in [1.165, 1.54) is 0 Å². The summed E-state index contributed by atoms with van der Waals surface area (Å²) in [5, 5.41) is 2.09. The topological polar surface area (TPSA) is 48.2 Å². The quantitative estimate of drug-likeness (QED) is 0.172. The average molecular weight is 721 g/mol. The molecule has 0 spiro atoms. The Kier molecular flexibility index (Phi) is 8.42. The van der Waals surface area contributed by atoms with Crippen LogP contribution < -0.4 is 4.74 Å². The highest BCUT2D eigenvalue weighted by Crippen LogP contribution is 2.48. The smallest absolute Gasteiger partial charge is 0.160 e.